The van der Waals surface area contributed by atoms with Crippen LogP contribution in [0.25, 0.3) is 24.3 Å². The highest BCUT2D eigenvalue weighted by Crippen LogP contribution is 2.35. The number of hydrogen-bond acceptors (Lipinski definition) is 5. The molecule has 6 aromatic carbocycles. The average Bonchev–Trinajstić information content (AvgIpc) is 3.57. The van der Waals surface area contributed by atoms with E-state index in [1.165, 1.54) is 0 Å². The fourth-order valence-corrected chi connectivity index (χ4v) is 6.19. The Morgan fingerprint density at radius 1 is 0.353 bits per heavy atom. The number of hydrogen-bond donors (Lipinski definition) is 0. The largest absolute Gasteiger partial charge is 0.457 e. The molecule has 0 atom stereocenters. The van der Waals surface area contributed by atoms with Gasteiger partial charge in [0.05, 0.1) is 33.6 Å². The molecule has 0 N–H and O–H groups in total. The number of imide groups is 2. The first-order valence-corrected chi connectivity index (χ1v) is 16.3. The lowest BCUT2D eigenvalue weighted by Crippen LogP contribution is -2.29. The highest BCUT2D eigenvalue weighted by atomic mass is 16.5. The molecule has 0 aromatic heterocycles. The van der Waals surface area contributed by atoms with Crippen molar-refractivity contribution in [3.8, 4) is 11.5 Å². The predicted molar refractivity (Wildman–Crippen MR) is 199 cm³/mol. The zero-order valence-electron chi connectivity index (χ0n) is 27.1. The third-order valence-electron chi connectivity index (χ3n) is 8.76. The Morgan fingerprint density at radius 3 is 1.35 bits per heavy atom. The summed E-state index contributed by atoms with van der Waals surface area (Å²) < 4.78 is 6.08. The van der Waals surface area contributed by atoms with Gasteiger partial charge in [0.15, 0.2) is 0 Å². The van der Waals surface area contributed by atoms with Crippen LogP contribution in [-0.2, 0) is 0 Å². The molecule has 0 spiro atoms. The zero-order chi connectivity index (χ0) is 34.9. The van der Waals surface area contributed by atoms with Crippen molar-refractivity contribution in [2.24, 2.45) is 0 Å². The number of benzene rings is 6. The topological polar surface area (TPSA) is 84.0 Å². The van der Waals surface area contributed by atoms with Crippen molar-refractivity contribution in [1.82, 2.24) is 0 Å². The van der Waals surface area contributed by atoms with E-state index in [9.17, 15) is 19.2 Å². The number of nitrogens with zero attached hydrogens (tertiary/aromatic N) is 2. The van der Waals surface area contributed by atoms with Gasteiger partial charge in [-0.2, -0.15) is 0 Å². The molecule has 244 valence electrons. The first kappa shape index (κ1) is 31.2. The summed E-state index contributed by atoms with van der Waals surface area (Å²) in [5.41, 5.74) is 5.84. The summed E-state index contributed by atoms with van der Waals surface area (Å²) >= 11 is 0. The molecule has 7 heteroatoms. The van der Waals surface area contributed by atoms with Crippen molar-refractivity contribution >= 4 is 59.3 Å². The van der Waals surface area contributed by atoms with E-state index >= 15 is 0 Å². The molecule has 2 aliphatic rings. The SMILES string of the molecule is O=C1c2ccc(/C=C/c3ccccc3)cc2C(=O)N1c1ccc(Oc2cccc(N3C(=O)c4ccc(/C=C/c5ccccc5)cc4C3=O)c2)cc1. The van der Waals surface area contributed by atoms with E-state index in [0.717, 1.165) is 32.1 Å². The summed E-state index contributed by atoms with van der Waals surface area (Å²) in [6.45, 7) is 0. The van der Waals surface area contributed by atoms with E-state index < -0.39 is 23.6 Å². The minimum atomic E-state index is -0.410. The van der Waals surface area contributed by atoms with Crippen LogP contribution in [-0.4, -0.2) is 23.6 Å². The number of carbonyl (C=O) groups excluding carboxylic acids is 4. The number of ether oxygens (including phenoxy) is 1. The first-order valence-electron chi connectivity index (χ1n) is 16.3. The van der Waals surface area contributed by atoms with Crippen LogP contribution in [0.2, 0.25) is 0 Å². The zero-order valence-corrected chi connectivity index (χ0v) is 27.1. The quantitative estimate of drug-likeness (QED) is 0.120. The van der Waals surface area contributed by atoms with E-state index in [0.29, 0.717) is 45.1 Å². The molecule has 2 heterocycles. The summed E-state index contributed by atoms with van der Waals surface area (Å²) in [5, 5.41) is 0. The average molecular weight is 665 g/mol. The van der Waals surface area contributed by atoms with Crippen molar-refractivity contribution in [2.75, 3.05) is 9.80 Å². The van der Waals surface area contributed by atoms with Gasteiger partial charge in [0.25, 0.3) is 23.6 Å². The standard InChI is InChI=1S/C44H28N2O5/c47-41-37-24-18-31(16-14-29-8-3-1-4-9-29)26-39(37)43(49)45(41)33-20-22-35(23-21-33)51-36-13-7-12-34(28-36)46-42(48)38-25-19-32(27-40(38)44(46)50)17-15-30-10-5-2-6-11-30/h1-28H/b16-14+,17-15+. The van der Waals surface area contributed by atoms with Crippen LogP contribution < -0.4 is 14.5 Å². The normalized spacial score (nSPS) is 13.8. The summed E-state index contributed by atoms with van der Waals surface area (Å²) in [6, 6.07) is 43.5. The van der Waals surface area contributed by atoms with Crippen molar-refractivity contribution in [3.05, 3.63) is 190 Å². The molecule has 4 amide bonds. The molecule has 0 fully saturated rings. The van der Waals surface area contributed by atoms with Gasteiger partial charge in [0.1, 0.15) is 11.5 Å². The lowest BCUT2D eigenvalue weighted by molar-refractivity contribution is 0.0910. The molecule has 51 heavy (non-hydrogen) atoms. The monoisotopic (exact) mass is 664 g/mol. The molecule has 0 radical (unpaired) electrons. The van der Waals surface area contributed by atoms with Crippen LogP contribution >= 0.6 is 0 Å². The number of fused-ring (bicyclic) bond motifs is 2. The highest BCUT2D eigenvalue weighted by Gasteiger charge is 2.38. The fraction of sp³-hybridized carbons (Fsp3) is 0. The Kier molecular flexibility index (Phi) is 7.98. The Bertz CT molecular complexity index is 2410. The smallest absolute Gasteiger partial charge is 0.266 e. The molecule has 8 rings (SSSR count). The number of anilines is 2. The van der Waals surface area contributed by atoms with Gasteiger partial charge in [-0.25, -0.2) is 9.80 Å². The second-order valence-corrected chi connectivity index (χ2v) is 12.1. The summed E-state index contributed by atoms with van der Waals surface area (Å²) in [5.74, 6) is -0.762. The molecular formula is C44H28N2O5. The van der Waals surface area contributed by atoms with Crippen molar-refractivity contribution in [3.63, 3.8) is 0 Å². The first-order chi connectivity index (χ1) is 24.9. The van der Waals surface area contributed by atoms with Crippen molar-refractivity contribution in [2.45, 2.75) is 0 Å². The van der Waals surface area contributed by atoms with Crippen LogP contribution in [0, 0.1) is 0 Å². The molecule has 0 unspecified atom stereocenters. The van der Waals surface area contributed by atoms with Gasteiger partial charge < -0.3 is 4.74 Å². The Labute approximate surface area is 294 Å². The number of carbonyl (C=O) groups is 4. The molecule has 6 aromatic rings. The maximum atomic E-state index is 13.5. The molecule has 7 nitrogen and oxygen atoms in total. The van der Waals surface area contributed by atoms with Gasteiger partial charge >= 0.3 is 0 Å². The van der Waals surface area contributed by atoms with Gasteiger partial charge in [0, 0.05) is 6.07 Å². The molecule has 0 aliphatic carbocycles. The fourth-order valence-electron chi connectivity index (χ4n) is 6.19. The molecule has 0 saturated carbocycles. The Morgan fingerprint density at radius 2 is 0.824 bits per heavy atom. The Balaban J connectivity index is 0.962. The van der Waals surface area contributed by atoms with Crippen LogP contribution in [0.4, 0.5) is 11.4 Å². The van der Waals surface area contributed by atoms with Gasteiger partial charge in [-0.1, -0.05) is 103 Å². The second kappa shape index (κ2) is 13.1. The maximum Gasteiger partial charge on any atom is 0.266 e. The van der Waals surface area contributed by atoms with Gasteiger partial charge in [-0.05, 0) is 82.9 Å². The van der Waals surface area contributed by atoms with Crippen molar-refractivity contribution < 1.29 is 23.9 Å². The third-order valence-corrected chi connectivity index (χ3v) is 8.76. The van der Waals surface area contributed by atoms with E-state index in [2.05, 4.69) is 0 Å². The van der Waals surface area contributed by atoms with Crippen LogP contribution in [0.5, 0.6) is 11.5 Å². The summed E-state index contributed by atoms with van der Waals surface area (Å²) in [6.07, 6.45) is 7.73. The van der Waals surface area contributed by atoms with E-state index in [4.69, 9.17) is 4.74 Å². The van der Waals surface area contributed by atoms with Gasteiger partial charge in [0.2, 0.25) is 0 Å². The molecule has 2 aliphatic heterocycles. The molecular weight excluding hydrogens is 636 g/mol. The van der Waals surface area contributed by atoms with E-state index in [-0.39, 0.29) is 0 Å². The minimum absolute atomic E-state index is 0.338. The van der Waals surface area contributed by atoms with E-state index in [1.807, 2.05) is 97.1 Å². The second-order valence-electron chi connectivity index (χ2n) is 12.1. The minimum Gasteiger partial charge on any atom is -0.457 e. The maximum absolute atomic E-state index is 13.5. The summed E-state index contributed by atoms with van der Waals surface area (Å²) in [7, 11) is 0. The van der Waals surface area contributed by atoms with Crippen LogP contribution in [0.1, 0.15) is 63.7 Å². The third kappa shape index (κ3) is 6.04. The molecule has 0 saturated heterocycles. The number of rotatable bonds is 8. The van der Waals surface area contributed by atoms with Crippen LogP contribution in [0.15, 0.2) is 146 Å². The lowest BCUT2D eigenvalue weighted by Gasteiger charge is -2.16. The van der Waals surface area contributed by atoms with Crippen LogP contribution in [0.3, 0.4) is 0 Å². The van der Waals surface area contributed by atoms with E-state index in [1.54, 1.807) is 72.8 Å². The summed E-state index contributed by atoms with van der Waals surface area (Å²) in [4.78, 5) is 55.8. The Hall–Kier alpha value is -7.12. The predicted octanol–water partition coefficient (Wildman–Crippen LogP) is 9.42. The van der Waals surface area contributed by atoms with Gasteiger partial charge in [-0.3, -0.25) is 19.2 Å². The number of amides is 4. The van der Waals surface area contributed by atoms with Crippen molar-refractivity contribution in [1.29, 1.82) is 0 Å². The lowest BCUT2D eigenvalue weighted by atomic mass is 10.0. The molecule has 0 bridgehead atoms. The highest BCUT2D eigenvalue weighted by molar-refractivity contribution is 6.35. The van der Waals surface area contributed by atoms with Gasteiger partial charge in [-0.15, -0.1) is 0 Å².